The zero-order valence-electron chi connectivity index (χ0n) is 36.9. The van der Waals surface area contributed by atoms with E-state index in [1.165, 1.54) is 9.20 Å². The Hall–Kier alpha value is -5.02. The summed E-state index contributed by atoms with van der Waals surface area (Å²) in [5, 5.41) is 25.6. The molecule has 6 unspecified atom stereocenters. The minimum absolute atomic E-state index is 0.0154. The zero-order valence-corrected chi connectivity index (χ0v) is 38.5. The van der Waals surface area contributed by atoms with E-state index >= 15 is 8.42 Å². The van der Waals surface area contributed by atoms with Crippen molar-refractivity contribution in [1.82, 2.24) is 9.29 Å². The van der Waals surface area contributed by atoms with E-state index in [0.29, 0.717) is 47.6 Å². The Bertz CT molecular complexity index is 2550. The van der Waals surface area contributed by atoms with E-state index in [1.807, 2.05) is 72.8 Å². The summed E-state index contributed by atoms with van der Waals surface area (Å²) < 4.78 is 52.7. The Balaban J connectivity index is 1.28. The molecule has 0 spiro atoms. The Morgan fingerprint density at radius 1 is 0.938 bits per heavy atom. The van der Waals surface area contributed by atoms with Gasteiger partial charge in [-0.2, -0.15) is 4.31 Å². The number of allylic oxidation sites excluding steroid dienone is 1. The molecule has 2 aliphatic carbocycles. The molecule has 1 aliphatic heterocycles. The van der Waals surface area contributed by atoms with Crippen molar-refractivity contribution in [1.29, 1.82) is 0 Å². The van der Waals surface area contributed by atoms with Crippen LogP contribution in [0, 0.1) is 17.8 Å². The molecule has 1 aromatic heterocycles. The fraction of sp³-hybridized carbons (Fsp3) is 0.385. The quantitative estimate of drug-likeness (QED) is 0.0299. The summed E-state index contributed by atoms with van der Waals surface area (Å²) in [5.41, 5.74) is 3.78. The van der Waals surface area contributed by atoms with Gasteiger partial charge in [0.1, 0.15) is 23.0 Å². The van der Waals surface area contributed by atoms with Gasteiger partial charge in [-0.15, -0.1) is 18.3 Å². The molecule has 11 nitrogen and oxygen atoms in total. The molecule has 0 saturated heterocycles. The van der Waals surface area contributed by atoms with E-state index in [-0.39, 0.29) is 55.5 Å². The molecule has 8 rings (SSSR count). The average Bonchev–Trinajstić information content (AvgIpc) is 3.33. The number of aromatic nitrogens is 1. The summed E-state index contributed by atoms with van der Waals surface area (Å²) >= 11 is 1.73. The molecule has 2 N–H and O–H groups in total. The standard InChI is InChI=1S/C52H59N3O8S2/c1-3-30-61-52-48(55(2)65(58,59)47-24-14-19-38-20-15-27-53-51(38)47)35-45(54-62-36-37-16-6-4-7-17-37)43-33-39(18-10-12-28-56)42(23-11-13-29-57)49(50(43)52)44-34-40(25-26-46(44)63-52)60-31-32-64-41-21-8-5-9-22-41/h3-9,14-17,19-22,24-27,33-34,39,42,48-50,56-57H,1,10-13,18,23,28-32,35-36H2,2H3. The van der Waals surface area contributed by atoms with Gasteiger partial charge in [-0.1, -0.05) is 96.9 Å². The van der Waals surface area contributed by atoms with Gasteiger partial charge >= 0.3 is 0 Å². The van der Waals surface area contributed by atoms with Crippen LogP contribution in [-0.2, 0) is 26.2 Å². The highest BCUT2D eigenvalue weighted by Gasteiger charge is 2.65. The maximum Gasteiger partial charge on any atom is 0.245 e. The van der Waals surface area contributed by atoms with Crippen LogP contribution in [-0.4, -0.2) is 84.7 Å². The highest BCUT2D eigenvalue weighted by atomic mass is 32.2. The van der Waals surface area contributed by atoms with Gasteiger partial charge in [0.05, 0.1) is 36.4 Å². The van der Waals surface area contributed by atoms with E-state index in [1.54, 1.807) is 49.3 Å². The number of benzene rings is 4. The van der Waals surface area contributed by atoms with Crippen LogP contribution >= 0.6 is 11.8 Å². The summed E-state index contributed by atoms with van der Waals surface area (Å²) in [6.07, 6.45) is 10.2. The second kappa shape index (κ2) is 21.5. The van der Waals surface area contributed by atoms with Crippen molar-refractivity contribution >= 4 is 38.4 Å². The van der Waals surface area contributed by atoms with Crippen molar-refractivity contribution in [2.75, 3.05) is 39.2 Å². The molecule has 6 atom stereocenters. The molecule has 65 heavy (non-hydrogen) atoms. The number of sulfonamides is 1. The van der Waals surface area contributed by atoms with Gasteiger partial charge < -0.3 is 29.3 Å². The fourth-order valence-electron chi connectivity index (χ4n) is 9.99. The third kappa shape index (κ3) is 10.1. The Kier molecular flexibility index (Phi) is 15.4. The van der Waals surface area contributed by atoms with Crippen molar-refractivity contribution < 1.29 is 37.7 Å². The van der Waals surface area contributed by atoms with Gasteiger partial charge in [0, 0.05) is 60.4 Å². The molecule has 0 amide bonds. The molecule has 5 aromatic rings. The number of unbranched alkanes of at least 4 members (excludes halogenated alkanes) is 2. The first-order valence-electron chi connectivity index (χ1n) is 22.7. The number of ether oxygens (including phenoxy) is 3. The van der Waals surface area contributed by atoms with Crippen molar-refractivity contribution in [3.05, 3.63) is 151 Å². The first-order valence-corrected chi connectivity index (χ1v) is 25.1. The molecule has 1 fully saturated rings. The van der Waals surface area contributed by atoms with Crippen LogP contribution in [0.5, 0.6) is 11.5 Å². The monoisotopic (exact) mass is 917 g/mol. The van der Waals surface area contributed by atoms with Gasteiger partial charge in [0.25, 0.3) is 0 Å². The van der Waals surface area contributed by atoms with Gasteiger partial charge in [-0.3, -0.25) is 4.98 Å². The van der Waals surface area contributed by atoms with Crippen LogP contribution in [0.4, 0.5) is 0 Å². The van der Waals surface area contributed by atoms with Crippen LogP contribution in [0.1, 0.15) is 62.0 Å². The summed E-state index contributed by atoms with van der Waals surface area (Å²) in [5.74, 6) is -0.272. The van der Waals surface area contributed by atoms with E-state index in [9.17, 15) is 10.2 Å². The van der Waals surface area contributed by atoms with Crippen molar-refractivity contribution in [3.8, 4) is 11.5 Å². The molecule has 3 aliphatic rings. The molecule has 0 bridgehead atoms. The Morgan fingerprint density at radius 2 is 1.69 bits per heavy atom. The first kappa shape index (κ1) is 46.5. The van der Waals surface area contributed by atoms with Gasteiger partial charge in [0.2, 0.25) is 15.8 Å². The molecule has 4 aromatic carbocycles. The number of fused-ring (bicyclic) bond motifs is 3. The number of rotatable bonds is 22. The molecule has 1 saturated carbocycles. The van der Waals surface area contributed by atoms with Gasteiger partial charge in [-0.05, 0) is 91.1 Å². The zero-order chi connectivity index (χ0) is 45.2. The normalized spacial score (nSPS) is 23.0. The highest BCUT2D eigenvalue weighted by Crippen LogP contribution is 2.62. The molecule has 2 heterocycles. The van der Waals surface area contributed by atoms with Crippen molar-refractivity contribution in [2.45, 2.75) is 79.1 Å². The summed E-state index contributed by atoms with van der Waals surface area (Å²) in [4.78, 5) is 12.0. The summed E-state index contributed by atoms with van der Waals surface area (Å²) in [7, 11) is -2.67. The SMILES string of the molecule is C=CCOC12Oc3ccc(OCCSc4ccccc4)cc3C3C(CCCCO)C(CCCCO)C=C(C(=NOCc4ccccc4)CC1N(C)S(=O)(=O)c1cccc4cccnc14)C32. The van der Waals surface area contributed by atoms with Crippen LogP contribution in [0.25, 0.3) is 10.9 Å². The number of thioether (sulfide) groups is 1. The Morgan fingerprint density at radius 3 is 2.46 bits per heavy atom. The van der Waals surface area contributed by atoms with E-state index in [2.05, 4.69) is 35.8 Å². The predicted octanol–water partition coefficient (Wildman–Crippen LogP) is 9.56. The summed E-state index contributed by atoms with van der Waals surface area (Å²) in [6.45, 7) is 4.98. The van der Waals surface area contributed by atoms with E-state index < -0.39 is 27.8 Å². The number of nitrogens with zero attached hydrogens (tertiary/aromatic N) is 3. The minimum atomic E-state index is -4.27. The number of oxime groups is 1. The average molecular weight is 918 g/mol. The largest absolute Gasteiger partial charge is 0.493 e. The van der Waals surface area contributed by atoms with Crippen LogP contribution in [0.2, 0.25) is 0 Å². The molecular formula is C52H59N3O8S2. The number of likely N-dealkylation sites (N-methyl/N-ethyl adjacent to an activating group) is 1. The molecule has 342 valence electrons. The van der Waals surface area contributed by atoms with Gasteiger partial charge in [-0.25, -0.2) is 8.42 Å². The van der Waals surface area contributed by atoms with Crippen molar-refractivity contribution in [3.63, 3.8) is 0 Å². The van der Waals surface area contributed by atoms with Crippen LogP contribution < -0.4 is 9.47 Å². The maximum atomic E-state index is 15.2. The van der Waals surface area contributed by atoms with Gasteiger partial charge in [0.15, 0.2) is 0 Å². The summed E-state index contributed by atoms with van der Waals surface area (Å²) in [6, 6.07) is 33.9. The van der Waals surface area contributed by atoms with E-state index in [4.69, 9.17) is 24.2 Å². The number of hydrogen-bond acceptors (Lipinski definition) is 11. The van der Waals surface area contributed by atoms with Crippen molar-refractivity contribution in [2.24, 2.45) is 22.9 Å². The lowest BCUT2D eigenvalue weighted by Gasteiger charge is -2.59. The second-order valence-corrected chi connectivity index (χ2v) is 20.0. The third-order valence-electron chi connectivity index (χ3n) is 12.9. The predicted molar refractivity (Wildman–Crippen MR) is 256 cm³/mol. The first-order chi connectivity index (χ1) is 31.8. The van der Waals surface area contributed by atoms with Crippen LogP contribution in [0.3, 0.4) is 0 Å². The highest BCUT2D eigenvalue weighted by molar-refractivity contribution is 7.99. The lowest BCUT2D eigenvalue weighted by atomic mass is 9.55. The lowest BCUT2D eigenvalue weighted by Crippen LogP contribution is -2.69. The van der Waals surface area contributed by atoms with Crippen LogP contribution in [0.15, 0.2) is 155 Å². The topological polar surface area (TPSA) is 140 Å². The molecular weight excluding hydrogens is 859 g/mol. The Labute approximate surface area is 387 Å². The van der Waals surface area contributed by atoms with E-state index in [0.717, 1.165) is 48.1 Å². The molecule has 0 radical (unpaired) electrons. The minimum Gasteiger partial charge on any atom is -0.493 e. The number of pyridine rings is 1. The third-order valence-corrected chi connectivity index (χ3v) is 15.8. The number of aliphatic hydroxyl groups excluding tert-OH is 2. The second-order valence-electron chi connectivity index (χ2n) is 16.9. The lowest BCUT2D eigenvalue weighted by molar-refractivity contribution is -0.250. The smallest absolute Gasteiger partial charge is 0.245 e. The number of para-hydroxylation sites is 1. The maximum absolute atomic E-state index is 15.2. The number of aliphatic hydroxyl groups is 2. The fourth-order valence-corrected chi connectivity index (χ4v) is 12.3. The number of hydrogen-bond donors (Lipinski definition) is 2. The molecule has 13 heteroatoms.